The fourth-order valence-corrected chi connectivity index (χ4v) is 2.62. The number of para-hydroxylation sites is 1. The van der Waals surface area contributed by atoms with Gasteiger partial charge < -0.3 is 10.2 Å². The van der Waals surface area contributed by atoms with E-state index in [2.05, 4.69) is 20.8 Å². The van der Waals surface area contributed by atoms with E-state index >= 15 is 0 Å². The molecule has 8 nitrogen and oxygen atoms in total. The van der Waals surface area contributed by atoms with Gasteiger partial charge in [-0.1, -0.05) is 18.2 Å². The summed E-state index contributed by atoms with van der Waals surface area (Å²) in [6.07, 6.45) is 0. The number of amides is 1. The molecular weight excluding hydrogens is 330 g/mol. The summed E-state index contributed by atoms with van der Waals surface area (Å²) in [6.45, 7) is 4.15. The predicted molar refractivity (Wildman–Crippen MR) is 92.2 cm³/mol. The summed E-state index contributed by atoms with van der Waals surface area (Å²) in [5.74, 6) is 0.861. The van der Waals surface area contributed by atoms with Crippen LogP contribution >= 0.6 is 12.4 Å². The van der Waals surface area contributed by atoms with Crippen LogP contribution in [0.5, 0.6) is 0 Å². The Kier molecular flexibility index (Phi) is 6.65. The number of carbonyl (C=O) groups excluding carboxylic acids is 1. The smallest absolute Gasteiger partial charge is 0.236 e. The van der Waals surface area contributed by atoms with Gasteiger partial charge in [-0.2, -0.15) is 4.68 Å². The largest absolute Gasteiger partial charge is 0.339 e. The second kappa shape index (κ2) is 8.72. The van der Waals surface area contributed by atoms with Crippen LogP contribution in [-0.2, 0) is 11.3 Å². The summed E-state index contributed by atoms with van der Waals surface area (Å²) in [7, 11) is 1.91. The minimum atomic E-state index is 0. The first-order valence-corrected chi connectivity index (χ1v) is 7.74. The summed E-state index contributed by atoms with van der Waals surface area (Å²) in [4.78, 5) is 16.1. The number of carbonyl (C=O) groups is 1. The summed E-state index contributed by atoms with van der Waals surface area (Å²) in [5, 5.41) is 15.1. The van der Waals surface area contributed by atoms with Crippen molar-refractivity contribution >= 4 is 18.3 Å². The maximum atomic E-state index is 12.3. The molecule has 1 amide bonds. The second-order valence-corrected chi connectivity index (χ2v) is 5.65. The van der Waals surface area contributed by atoms with Gasteiger partial charge in [-0.05, 0) is 29.6 Å². The Morgan fingerprint density at radius 3 is 2.67 bits per heavy atom. The fraction of sp³-hybridized carbons (Fsp3) is 0.467. The van der Waals surface area contributed by atoms with E-state index in [0.717, 1.165) is 31.9 Å². The first kappa shape index (κ1) is 18.3. The summed E-state index contributed by atoms with van der Waals surface area (Å²) in [5.41, 5.74) is 0.911. The Labute approximate surface area is 147 Å². The molecule has 0 unspecified atom stereocenters. The molecule has 1 saturated heterocycles. The third-order valence-electron chi connectivity index (χ3n) is 3.82. The van der Waals surface area contributed by atoms with Gasteiger partial charge >= 0.3 is 0 Å². The number of halogens is 1. The zero-order chi connectivity index (χ0) is 16.1. The molecule has 9 heteroatoms. The highest BCUT2D eigenvalue weighted by atomic mass is 35.5. The zero-order valence-corrected chi connectivity index (χ0v) is 14.4. The normalized spacial score (nSPS) is 14.5. The van der Waals surface area contributed by atoms with Gasteiger partial charge in [0.15, 0.2) is 5.82 Å². The van der Waals surface area contributed by atoms with Crippen molar-refractivity contribution in [2.75, 3.05) is 39.8 Å². The molecule has 0 radical (unpaired) electrons. The molecule has 1 aromatic heterocycles. The van der Waals surface area contributed by atoms with Crippen LogP contribution < -0.4 is 5.32 Å². The first-order valence-electron chi connectivity index (χ1n) is 7.74. The van der Waals surface area contributed by atoms with Crippen LogP contribution in [0.3, 0.4) is 0 Å². The average molecular weight is 352 g/mol. The summed E-state index contributed by atoms with van der Waals surface area (Å²) >= 11 is 0. The van der Waals surface area contributed by atoms with Gasteiger partial charge in [0.05, 0.1) is 18.8 Å². The Bertz CT molecular complexity index is 642. The van der Waals surface area contributed by atoms with Crippen molar-refractivity contribution in [3.05, 3.63) is 36.2 Å². The Balaban J connectivity index is 0.00000208. The highest BCUT2D eigenvalue weighted by molar-refractivity contribution is 5.85. The van der Waals surface area contributed by atoms with Gasteiger partial charge in [0.2, 0.25) is 5.91 Å². The van der Waals surface area contributed by atoms with Crippen molar-refractivity contribution in [1.29, 1.82) is 0 Å². The van der Waals surface area contributed by atoms with E-state index in [1.807, 2.05) is 47.2 Å². The minimum Gasteiger partial charge on any atom is -0.339 e. The molecule has 0 spiro atoms. The number of nitrogens with zero attached hydrogens (tertiary/aromatic N) is 6. The van der Waals surface area contributed by atoms with E-state index in [-0.39, 0.29) is 18.3 Å². The lowest BCUT2D eigenvalue weighted by atomic mass is 10.3. The second-order valence-electron chi connectivity index (χ2n) is 5.65. The summed E-state index contributed by atoms with van der Waals surface area (Å²) < 4.78 is 1.70. The van der Waals surface area contributed by atoms with Crippen molar-refractivity contribution in [3.63, 3.8) is 0 Å². The van der Waals surface area contributed by atoms with E-state index in [9.17, 15) is 4.79 Å². The van der Waals surface area contributed by atoms with Gasteiger partial charge in [-0.25, -0.2) is 0 Å². The number of aromatic nitrogens is 4. The van der Waals surface area contributed by atoms with E-state index in [0.29, 0.717) is 18.9 Å². The predicted octanol–water partition coefficient (Wildman–Crippen LogP) is -0.0523. The average Bonchev–Trinajstić information content (AvgIpc) is 3.04. The van der Waals surface area contributed by atoms with Crippen LogP contribution in [0, 0.1) is 0 Å². The lowest BCUT2D eigenvalue weighted by Crippen LogP contribution is -2.49. The number of nitrogens with one attached hydrogen (secondary N) is 1. The number of hydrogen-bond acceptors (Lipinski definition) is 6. The number of rotatable bonds is 5. The van der Waals surface area contributed by atoms with Crippen LogP contribution in [0.4, 0.5) is 0 Å². The monoisotopic (exact) mass is 351 g/mol. The maximum Gasteiger partial charge on any atom is 0.236 e. The van der Waals surface area contributed by atoms with Gasteiger partial charge in [-0.15, -0.1) is 17.5 Å². The molecule has 0 bridgehead atoms. The standard InChI is InChI=1S/C15H21N7O.ClH/c1-20(12-15(23)21-9-7-16-8-10-21)11-14-17-18-19-22(14)13-5-3-2-4-6-13;/h2-6,16H,7-12H2,1H3;1H. The molecule has 1 aliphatic rings. The number of benzene rings is 1. The fourth-order valence-electron chi connectivity index (χ4n) is 2.62. The van der Waals surface area contributed by atoms with Crippen molar-refractivity contribution < 1.29 is 4.79 Å². The molecule has 0 saturated carbocycles. The molecule has 0 aliphatic carbocycles. The molecule has 0 atom stereocenters. The van der Waals surface area contributed by atoms with E-state index in [1.54, 1.807) is 4.68 Å². The molecule has 130 valence electrons. The quantitative estimate of drug-likeness (QED) is 0.813. The Morgan fingerprint density at radius 2 is 1.96 bits per heavy atom. The van der Waals surface area contributed by atoms with Crippen LogP contribution in [0.15, 0.2) is 30.3 Å². The van der Waals surface area contributed by atoms with Crippen molar-refractivity contribution in [2.24, 2.45) is 0 Å². The third kappa shape index (κ3) is 4.50. The molecule has 1 N–H and O–H groups in total. The first-order chi connectivity index (χ1) is 11.2. The van der Waals surface area contributed by atoms with E-state index in [4.69, 9.17) is 0 Å². The van der Waals surface area contributed by atoms with E-state index in [1.165, 1.54) is 0 Å². The maximum absolute atomic E-state index is 12.3. The summed E-state index contributed by atoms with van der Waals surface area (Å²) in [6, 6.07) is 9.74. The lowest BCUT2D eigenvalue weighted by Gasteiger charge is -2.29. The van der Waals surface area contributed by atoms with Crippen molar-refractivity contribution in [2.45, 2.75) is 6.54 Å². The highest BCUT2D eigenvalue weighted by Gasteiger charge is 2.19. The third-order valence-corrected chi connectivity index (χ3v) is 3.82. The molecule has 3 rings (SSSR count). The molecule has 1 fully saturated rings. The number of likely N-dealkylation sites (N-methyl/N-ethyl adjacent to an activating group) is 1. The van der Waals surface area contributed by atoms with Gasteiger partial charge in [0, 0.05) is 26.2 Å². The molecule has 24 heavy (non-hydrogen) atoms. The van der Waals surface area contributed by atoms with Gasteiger partial charge in [-0.3, -0.25) is 9.69 Å². The molecule has 1 aliphatic heterocycles. The van der Waals surface area contributed by atoms with Crippen LogP contribution in [0.25, 0.3) is 5.69 Å². The number of piperazine rings is 1. The Hall–Kier alpha value is -2.03. The SMILES string of the molecule is CN(CC(=O)N1CCNCC1)Cc1nnnn1-c1ccccc1.Cl. The molecule has 2 aromatic rings. The van der Waals surface area contributed by atoms with Gasteiger partial charge in [0.25, 0.3) is 0 Å². The number of tetrazole rings is 1. The van der Waals surface area contributed by atoms with Crippen LogP contribution in [0.2, 0.25) is 0 Å². The molecular formula is C15H22ClN7O. The lowest BCUT2D eigenvalue weighted by molar-refractivity contribution is -0.132. The van der Waals surface area contributed by atoms with Crippen LogP contribution in [0.1, 0.15) is 5.82 Å². The number of hydrogen-bond donors (Lipinski definition) is 1. The van der Waals surface area contributed by atoms with Crippen molar-refractivity contribution in [3.8, 4) is 5.69 Å². The zero-order valence-electron chi connectivity index (χ0n) is 13.6. The topological polar surface area (TPSA) is 79.2 Å². The highest BCUT2D eigenvalue weighted by Crippen LogP contribution is 2.08. The van der Waals surface area contributed by atoms with Gasteiger partial charge in [0.1, 0.15) is 0 Å². The molecule has 2 heterocycles. The van der Waals surface area contributed by atoms with E-state index < -0.39 is 0 Å². The molecule has 1 aromatic carbocycles. The Morgan fingerprint density at radius 1 is 1.25 bits per heavy atom. The minimum absolute atomic E-state index is 0. The van der Waals surface area contributed by atoms with Crippen molar-refractivity contribution in [1.82, 2.24) is 35.3 Å². The van der Waals surface area contributed by atoms with Crippen LogP contribution in [-0.4, -0.2) is 75.7 Å².